The smallest absolute Gasteiger partial charge is 0.321 e. The summed E-state index contributed by atoms with van der Waals surface area (Å²) in [5.41, 5.74) is 1.95. The average Bonchev–Trinajstić information content (AvgIpc) is 3.17. The fourth-order valence-corrected chi connectivity index (χ4v) is 7.94. The van der Waals surface area contributed by atoms with Crippen LogP contribution in [0.3, 0.4) is 0 Å². The first-order valence-corrected chi connectivity index (χ1v) is 15.0. The van der Waals surface area contributed by atoms with E-state index in [0.717, 1.165) is 50.0 Å². The number of phenols is 1. The first kappa shape index (κ1) is 25.7. The van der Waals surface area contributed by atoms with Gasteiger partial charge in [0, 0.05) is 49.6 Å². The zero-order valence-corrected chi connectivity index (χ0v) is 23.3. The number of hydrogen-bond acceptors (Lipinski definition) is 8. The van der Waals surface area contributed by atoms with Crippen LogP contribution in [0.1, 0.15) is 68.3 Å². The van der Waals surface area contributed by atoms with E-state index in [1.807, 2.05) is 6.07 Å². The maximum atomic E-state index is 14.3. The van der Waals surface area contributed by atoms with Gasteiger partial charge in [0.1, 0.15) is 24.4 Å². The highest BCUT2D eigenvalue weighted by atomic mass is 35.5. The molecule has 1 saturated carbocycles. The number of benzene rings is 1. The molecular weight excluding hydrogens is 519 g/mol. The zero-order chi connectivity index (χ0) is 26.7. The number of nitrogens with zero attached hydrogens (tertiary/aromatic N) is 5. The molecule has 10 heteroatoms. The van der Waals surface area contributed by atoms with E-state index in [1.54, 1.807) is 6.07 Å². The van der Waals surface area contributed by atoms with Crippen LogP contribution in [-0.2, 0) is 12.8 Å². The molecule has 5 heterocycles. The monoisotopic (exact) mass is 556 g/mol. The lowest BCUT2D eigenvalue weighted by molar-refractivity contribution is 0.107. The molecule has 0 unspecified atom stereocenters. The summed E-state index contributed by atoms with van der Waals surface area (Å²) in [5, 5.41) is 14.6. The van der Waals surface area contributed by atoms with E-state index in [2.05, 4.69) is 22.0 Å². The third-order valence-electron chi connectivity index (χ3n) is 9.68. The standard InChI is InChI=1S/C29H38ClFN6O2/c1-17-9-23(17)26-18(10-22(38)11-24(26)30)3-6-25-33-27(36-14-20-4-5-21(15-36)32-20)35-28(34-25)39-16-29-7-2-8-37(29)13-19(31)12-29/h10-11,17,19-21,23,32,38H,2-9,12-16H2,1H3/t17-,19+,20-,21+,23+,29-/m0/s1. The Morgan fingerprint density at radius 1 is 1.15 bits per heavy atom. The van der Waals surface area contributed by atoms with Crippen molar-refractivity contribution in [2.24, 2.45) is 5.92 Å². The second-order valence-corrected chi connectivity index (χ2v) is 13.0. The molecule has 7 rings (SSSR count). The topological polar surface area (TPSA) is 86.6 Å². The van der Waals surface area contributed by atoms with Crippen molar-refractivity contribution in [3.05, 3.63) is 34.1 Å². The average molecular weight is 557 g/mol. The Balaban J connectivity index is 1.15. The molecule has 39 heavy (non-hydrogen) atoms. The SMILES string of the molecule is C[C@H]1C[C@H]1c1c(Cl)cc(O)cc1CCc1nc(OC[C@@]23CCCN2C[C@H](F)C3)nc(N2C[C@H]3CC[C@@H](C2)N3)n1. The van der Waals surface area contributed by atoms with Crippen LogP contribution in [0.5, 0.6) is 11.8 Å². The summed E-state index contributed by atoms with van der Waals surface area (Å²) in [5.74, 6) is 2.56. The molecule has 0 radical (unpaired) electrons. The molecule has 5 fully saturated rings. The first-order chi connectivity index (χ1) is 18.8. The molecule has 8 nitrogen and oxygen atoms in total. The van der Waals surface area contributed by atoms with Crippen LogP contribution in [0.15, 0.2) is 12.1 Å². The molecule has 1 aromatic heterocycles. The molecule has 4 saturated heterocycles. The Morgan fingerprint density at radius 3 is 2.72 bits per heavy atom. The number of ether oxygens (including phenoxy) is 1. The van der Waals surface area contributed by atoms with Crippen LogP contribution in [0.25, 0.3) is 0 Å². The maximum Gasteiger partial charge on any atom is 0.321 e. The quantitative estimate of drug-likeness (QED) is 0.504. The van der Waals surface area contributed by atoms with Crippen LogP contribution in [0.4, 0.5) is 10.3 Å². The minimum Gasteiger partial charge on any atom is -0.508 e. The zero-order valence-electron chi connectivity index (χ0n) is 22.6. The summed E-state index contributed by atoms with van der Waals surface area (Å²) in [4.78, 5) is 18.9. The van der Waals surface area contributed by atoms with Gasteiger partial charge in [0.25, 0.3) is 0 Å². The minimum absolute atomic E-state index is 0.187. The van der Waals surface area contributed by atoms with Gasteiger partial charge < -0.3 is 20.1 Å². The second-order valence-electron chi connectivity index (χ2n) is 12.6. The van der Waals surface area contributed by atoms with Crippen LogP contribution in [-0.4, -0.2) is 81.5 Å². The van der Waals surface area contributed by atoms with Gasteiger partial charge in [-0.2, -0.15) is 15.0 Å². The molecular formula is C29H38ClFN6O2. The summed E-state index contributed by atoms with van der Waals surface area (Å²) >= 11 is 6.59. The molecule has 5 aliphatic rings. The summed E-state index contributed by atoms with van der Waals surface area (Å²) < 4.78 is 20.6. The van der Waals surface area contributed by atoms with Gasteiger partial charge in [-0.05, 0) is 80.2 Å². The Kier molecular flexibility index (Phi) is 6.59. The van der Waals surface area contributed by atoms with E-state index in [1.165, 1.54) is 12.8 Å². The van der Waals surface area contributed by atoms with Crippen molar-refractivity contribution in [1.29, 1.82) is 0 Å². The number of nitrogens with one attached hydrogen (secondary N) is 1. The number of halogens is 2. The van der Waals surface area contributed by atoms with Crippen molar-refractivity contribution < 1.29 is 14.2 Å². The lowest BCUT2D eigenvalue weighted by Crippen LogP contribution is -2.51. The van der Waals surface area contributed by atoms with Crippen molar-refractivity contribution in [1.82, 2.24) is 25.2 Å². The van der Waals surface area contributed by atoms with Crippen LogP contribution >= 0.6 is 11.6 Å². The third-order valence-corrected chi connectivity index (χ3v) is 9.99. The molecule has 1 aliphatic carbocycles. The van der Waals surface area contributed by atoms with Crippen LogP contribution in [0.2, 0.25) is 5.02 Å². The molecule has 2 aromatic rings. The van der Waals surface area contributed by atoms with E-state index in [-0.39, 0.29) is 11.3 Å². The van der Waals surface area contributed by atoms with Crippen molar-refractivity contribution in [3.8, 4) is 11.8 Å². The summed E-state index contributed by atoms with van der Waals surface area (Å²) in [7, 11) is 0. The van der Waals surface area contributed by atoms with Gasteiger partial charge in [-0.3, -0.25) is 4.90 Å². The van der Waals surface area contributed by atoms with E-state index < -0.39 is 6.17 Å². The summed E-state index contributed by atoms with van der Waals surface area (Å²) in [6.45, 7) is 5.79. The molecule has 0 amide bonds. The van der Waals surface area contributed by atoms with E-state index >= 15 is 0 Å². The molecule has 2 bridgehead atoms. The third kappa shape index (κ3) is 5.06. The van der Waals surface area contributed by atoms with Gasteiger partial charge in [-0.25, -0.2) is 4.39 Å². The number of anilines is 1. The molecule has 2 N–H and O–H groups in total. The van der Waals surface area contributed by atoms with Crippen LogP contribution < -0.4 is 15.0 Å². The van der Waals surface area contributed by atoms with Gasteiger partial charge in [0.2, 0.25) is 5.95 Å². The number of aromatic nitrogens is 3. The molecule has 6 atom stereocenters. The van der Waals surface area contributed by atoms with Crippen molar-refractivity contribution in [3.63, 3.8) is 0 Å². The van der Waals surface area contributed by atoms with Gasteiger partial charge in [0.05, 0.1) is 5.54 Å². The fourth-order valence-electron chi connectivity index (χ4n) is 7.56. The molecule has 210 valence electrons. The van der Waals surface area contributed by atoms with Gasteiger partial charge in [-0.1, -0.05) is 18.5 Å². The normalized spacial score (nSPS) is 33.5. The highest BCUT2D eigenvalue weighted by Crippen LogP contribution is 2.51. The van der Waals surface area contributed by atoms with Crippen LogP contribution in [0, 0.1) is 5.92 Å². The number of fused-ring (bicyclic) bond motifs is 3. The lowest BCUT2D eigenvalue weighted by atomic mass is 9.95. The van der Waals surface area contributed by atoms with Gasteiger partial charge in [0.15, 0.2) is 0 Å². The highest BCUT2D eigenvalue weighted by Gasteiger charge is 2.49. The maximum absolute atomic E-state index is 14.3. The number of piperazine rings is 1. The van der Waals surface area contributed by atoms with Crippen molar-refractivity contribution in [2.75, 3.05) is 37.7 Å². The van der Waals surface area contributed by atoms with Crippen molar-refractivity contribution >= 4 is 17.5 Å². The number of hydrogen-bond donors (Lipinski definition) is 2. The number of rotatable bonds is 8. The van der Waals surface area contributed by atoms with Crippen molar-refractivity contribution in [2.45, 2.75) is 88.0 Å². The predicted molar refractivity (Wildman–Crippen MR) is 148 cm³/mol. The number of alkyl halides is 1. The predicted octanol–water partition coefficient (Wildman–Crippen LogP) is 4.04. The number of aryl methyl sites for hydroxylation is 2. The Bertz CT molecular complexity index is 1240. The van der Waals surface area contributed by atoms with E-state index in [9.17, 15) is 9.50 Å². The summed E-state index contributed by atoms with van der Waals surface area (Å²) in [6, 6.07) is 4.72. The molecule has 4 aliphatic heterocycles. The highest BCUT2D eigenvalue weighted by molar-refractivity contribution is 6.31. The number of aromatic hydroxyl groups is 1. The fraction of sp³-hybridized carbons (Fsp3) is 0.690. The molecule has 1 aromatic carbocycles. The molecule has 0 spiro atoms. The Hall–Kier alpha value is -2.23. The van der Waals surface area contributed by atoms with Gasteiger partial charge in [-0.15, -0.1) is 0 Å². The lowest BCUT2D eigenvalue weighted by Gasteiger charge is -2.33. The first-order valence-electron chi connectivity index (χ1n) is 14.6. The van der Waals surface area contributed by atoms with E-state index in [0.29, 0.717) is 79.1 Å². The second kappa shape index (κ2) is 10.00. The number of phenolic OH excluding ortho intramolecular Hbond substituents is 1. The van der Waals surface area contributed by atoms with E-state index in [4.69, 9.17) is 31.3 Å². The van der Waals surface area contributed by atoms with Gasteiger partial charge >= 0.3 is 6.01 Å². The largest absolute Gasteiger partial charge is 0.508 e. The summed E-state index contributed by atoms with van der Waals surface area (Å²) in [6.07, 6.45) is 6.45. The Labute approximate surface area is 234 Å². The Morgan fingerprint density at radius 2 is 1.95 bits per heavy atom. The minimum atomic E-state index is -0.799.